The highest BCUT2D eigenvalue weighted by Crippen LogP contribution is 2.21. The molecule has 3 N–H and O–H groups in total. The molecular weight excluding hydrogens is 257 g/mol. The lowest BCUT2D eigenvalue weighted by Gasteiger charge is -2.10. The molecule has 0 aliphatic heterocycles. The number of nitrogens with two attached hydrogens (primary N) is 1. The van der Waals surface area contributed by atoms with Crippen LogP contribution >= 0.6 is 0 Å². The number of rotatable bonds is 6. The number of amidine groups is 1. The zero-order valence-corrected chi connectivity index (χ0v) is 10.7. The topological polar surface area (TPSA) is 59.1 Å². The fourth-order valence-corrected chi connectivity index (χ4v) is 1.58. The highest BCUT2D eigenvalue weighted by molar-refractivity contribution is 5.95. The van der Waals surface area contributed by atoms with Gasteiger partial charge in [-0.1, -0.05) is 12.1 Å². The van der Waals surface area contributed by atoms with Crippen LogP contribution in [0.3, 0.4) is 0 Å². The Morgan fingerprint density at radius 1 is 1.37 bits per heavy atom. The second-order valence-electron chi connectivity index (χ2n) is 4.33. The molecule has 0 aliphatic rings. The third-order valence-corrected chi connectivity index (χ3v) is 2.66. The van der Waals surface area contributed by atoms with Crippen LogP contribution < -0.4 is 5.73 Å². The van der Waals surface area contributed by atoms with E-state index in [4.69, 9.17) is 15.9 Å². The molecule has 0 radical (unpaired) electrons. The molecule has 0 heterocycles. The number of benzene rings is 1. The molecule has 1 aromatic rings. The van der Waals surface area contributed by atoms with Gasteiger partial charge in [0.2, 0.25) is 0 Å². The van der Waals surface area contributed by atoms with Gasteiger partial charge in [0.05, 0.1) is 6.61 Å². The van der Waals surface area contributed by atoms with Gasteiger partial charge < -0.3 is 10.5 Å². The van der Waals surface area contributed by atoms with Gasteiger partial charge in [0, 0.05) is 18.6 Å². The summed E-state index contributed by atoms with van der Waals surface area (Å²) in [5.41, 5.74) is 7.77. The summed E-state index contributed by atoms with van der Waals surface area (Å²) in [6.07, 6.45) is -4.98. The number of aryl methyl sites for hydroxylation is 1. The number of alkyl halides is 3. The summed E-state index contributed by atoms with van der Waals surface area (Å²) in [5, 5.41) is 7.29. The SMILES string of the molecule is Cc1cc(C(=N)N)ccc1COCCCC(F)(F)F. The number of nitrogen functional groups attached to an aromatic ring is 1. The van der Waals surface area contributed by atoms with Crippen LogP contribution in [0.2, 0.25) is 0 Å². The van der Waals surface area contributed by atoms with Crippen molar-refractivity contribution in [2.45, 2.75) is 32.5 Å². The Balaban J connectivity index is 2.40. The average molecular weight is 274 g/mol. The zero-order chi connectivity index (χ0) is 14.5. The van der Waals surface area contributed by atoms with Crippen LogP contribution in [0.4, 0.5) is 13.2 Å². The van der Waals surface area contributed by atoms with Gasteiger partial charge in [0.1, 0.15) is 5.84 Å². The van der Waals surface area contributed by atoms with Crippen molar-refractivity contribution >= 4 is 5.84 Å². The quantitative estimate of drug-likeness (QED) is 0.475. The minimum absolute atomic E-state index is 0.0132. The van der Waals surface area contributed by atoms with Gasteiger partial charge in [-0.25, -0.2) is 0 Å². The average Bonchev–Trinajstić information content (AvgIpc) is 2.28. The Labute approximate surface area is 110 Å². The molecule has 0 fully saturated rings. The second-order valence-corrected chi connectivity index (χ2v) is 4.33. The van der Waals surface area contributed by atoms with Crippen molar-refractivity contribution < 1.29 is 17.9 Å². The van der Waals surface area contributed by atoms with E-state index < -0.39 is 12.6 Å². The van der Waals surface area contributed by atoms with E-state index in [1.54, 1.807) is 18.2 Å². The molecule has 6 heteroatoms. The van der Waals surface area contributed by atoms with Gasteiger partial charge in [-0.15, -0.1) is 0 Å². The van der Waals surface area contributed by atoms with Crippen molar-refractivity contribution in [1.29, 1.82) is 5.41 Å². The molecule has 1 rings (SSSR count). The number of halogens is 3. The van der Waals surface area contributed by atoms with E-state index in [9.17, 15) is 13.2 Å². The van der Waals surface area contributed by atoms with Gasteiger partial charge in [0.15, 0.2) is 0 Å². The largest absolute Gasteiger partial charge is 0.389 e. The monoisotopic (exact) mass is 274 g/mol. The maximum atomic E-state index is 11.9. The van der Waals surface area contributed by atoms with Crippen LogP contribution in [0.15, 0.2) is 18.2 Å². The van der Waals surface area contributed by atoms with E-state index in [0.717, 1.165) is 11.1 Å². The van der Waals surface area contributed by atoms with E-state index in [2.05, 4.69) is 0 Å². The van der Waals surface area contributed by atoms with Crippen molar-refractivity contribution in [3.8, 4) is 0 Å². The maximum Gasteiger partial charge on any atom is 0.389 e. The lowest BCUT2D eigenvalue weighted by atomic mass is 10.1. The minimum Gasteiger partial charge on any atom is -0.384 e. The first-order valence-corrected chi connectivity index (χ1v) is 5.88. The molecule has 0 saturated carbocycles. The van der Waals surface area contributed by atoms with Crippen LogP contribution in [-0.4, -0.2) is 18.6 Å². The molecule has 0 unspecified atom stereocenters. The van der Waals surface area contributed by atoms with Crippen LogP contribution in [0.25, 0.3) is 0 Å². The molecular formula is C13H17F3N2O. The van der Waals surface area contributed by atoms with Crippen molar-refractivity contribution in [1.82, 2.24) is 0 Å². The van der Waals surface area contributed by atoms with Crippen LogP contribution in [0, 0.1) is 12.3 Å². The molecule has 0 spiro atoms. The van der Waals surface area contributed by atoms with Crippen LogP contribution in [0.1, 0.15) is 29.5 Å². The molecule has 3 nitrogen and oxygen atoms in total. The lowest BCUT2D eigenvalue weighted by Crippen LogP contribution is -2.11. The van der Waals surface area contributed by atoms with Crippen molar-refractivity contribution in [2.75, 3.05) is 6.61 Å². The predicted molar refractivity (Wildman–Crippen MR) is 67.1 cm³/mol. The highest BCUT2D eigenvalue weighted by atomic mass is 19.4. The molecule has 0 amide bonds. The summed E-state index contributed by atoms with van der Waals surface area (Å²) in [6, 6.07) is 5.23. The van der Waals surface area contributed by atoms with Crippen molar-refractivity contribution in [2.24, 2.45) is 5.73 Å². The summed E-state index contributed by atoms with van der Waals surface area (Å²) >= 11 is 0. The first-order valence-electron chi connectivity index (χ1n) is 5.88. The second kappa shape index (κ2) is 6.56. The van der Waals surface area contributed by atoms with E-state index in [1.165, 1.54) is 0 Å². The number of ether oxygens (including phenoxy) is 1. The molecule has 0 bridgehead atoms. The van der Waals surface area contributed by atoms with Gasteiger partial charge in [-0.2, -0.15) is 13.2 Å². The molecule has 19 heavy (non-hydrogen) atoms. The fourth-order valence-electron chi connectivity index (χ4n) is 1.58. The van der Waals surface area contributed by atoms with Gasteiger partial charge >= 0.3 is 6.18 Å². The highest BCUT2D eigenvalue weighted by Gasteiger charge is 2.25. The normalized spacial score (nSPS) is 11.6. The van der Waals surface area contributed by atoms with Crippen LogP contribution in [-0.2, 0) is 11.3 Å². The van der Waals surface area contributed by atoms with E-state index in [0.29, 0.717) is 5.56 Å². The minimum atomic E-state index is -4.12. The molecule has 0 aliphatic carbocycles. The Kier molecular flexibility index (Phi) is 5.35. The summed E-state index contributed by atoms with van der Waals surface area (Å²) in [7, 11) is 0. The Morgan fingerprint density at radius 2 is 2.05 bits per heavy atom. The first kappa shape index (κ1) is 15.5. The van der Waals surface area contributed by atoms with Gasteiger partial charge in [-0.3, -0.25) is 5.41 Å². The zero-order valence-electron chi connectivity index (χ0n) is 10.7. The standard InChI is InChI=1S/C13H17F3N2O/c1-9-7-10(12(17)18)3-4-11(9)8-19-6-2-5-13(14,15)16/h3-4,7H,2,5-6,8H2,1H3,(H3,17,18). The van der Waals surface area contributed by atoms with E-state index in [1.807, 2.05) is 6.92 Å². The first-order chi connectivity index (χ1) is 8.79. The lowest BCUT2D eigenvalue weighted by molar-refractivity contribution is -0.138. The molecule has 0 saturated heterocycles. The van der Waals surface area contributed by atoms with Crippen molar-refractivity contribution in [3.63, 3.8) is 0 Å². The van der Waals surface area contributed by atoms with E-state index in [-0.39, 0.29) is 25.5 Å². The third kappa shape index (κ3) is 5.74. The molecule has 106 valence electrons. The maximum absolute atomic E-state index is 11.9. The summed E-state index contributed by atoms with van der Waals surface area (Å²) in [4.78, 5) is 0. The number of hydrogen-bond acceptors (Lipinski definition) is 2. The molecule has 0 aromatic heterocycles. The smallest absolute Gasteiger partial charge is 0.384 e. The summed E-state index contributed by atoms with van der Waals surface area (Å²) in [5.74, 6) is -0.0132. The van der Waals surface area contributed by atoms with Gasteiger partial charge in [0.25, 0.3) is 0 Å². The fraction of sp³-hybridized carbons (Fsp3) is 0.462. The third-order valence-electron chi connectivity index (χ3n) is 2.66. The Hall–Kier alpha value is -1.56. The predicted octanol–water partition coefficient (Wildman–Crippen LogP) is 3.14. The van der Waals surface area contributed by atoms with E-state index >= 15 is 0 Å². The number of nitrogens with one attached hydrogen (secondary N) is 1. The van der Waals surface area contributed by atoms with Crippen molar-refractivity contribution in [3.05, 3.63) is 34.9 Å². The Morgan fingerprint density at radius 3 is 2.58 bits per heavy atom. The van der Waals surface area contributed by atoms with Gasteiger partial charge in [-0.05, 0) is 30.5 Å². The molecule has 1 aromatic carbocycles. The van der Waals surface area contributed by atoms with Crippen LogP contribution in [0.5, 0.6) is 0 Å². The Bertz CT molecular complexity index is 444. The number of hydrogen-bond donors (Lipinski definition) is 2. The molecule has 0 atom stereocenters. The summed E-state index contributed by atoms with van der Waals surface area (Å²) in [6.45, 7) is 2.19. The summed E-state index contributed by atoms with van der Waals surface area (Å²) < 4.78 is 40.9.